The highest BCUT2D eigenvalue weighted by molar-refractivity contribution is 4.97. The van der Waals surface area contributed by atoms with Crippen molar-refractivity contribution in [3.8, 4) is 0 Å². The van der Waals surface area contributed by atoms with Gasteiger partial charge in [0.05, 0.1) is 50.7 Å². The first-order valence-electron chi connectivity index (χ1n) is 4.52. The van der Waals surface area contributed by atoms with Crippen LogP contribution >= 0.6 is 0 Å². The molecule has 0 heterocycles. The molecule has 0 radical (unpaired) electrons. The highest BCUT2D eigenvalue weighted by Crippen LogP contribution is 2.11. The molecule has 0 unspecified atom stereocenters. The van der Waals surface area contributed by atoms with Crippen LogP contribution in [0.4, 0.5) is 0 Å². The van der Waals surface area contributed by atoms with Gasteiger partial charge in [-0.2, -0.15) is 0 Å². The van der Waals surface area contributed by atoms with Gasteiger partial charge in [0.2, 0.25) is 0 Å². The summed E-state index contributed by atoms with van der Waals surface area (Å²) in [7, 11) is 0. The van der Waals surface area contributed by atoms with Crippen molar-refractivity contribution >= 4 is 0 Å². The van der Waals surface area contributed by atoms with Crippen molar-refractivity contribution in [3.05, 3.63) is 0 Å². The molecule has 0 saturated carbocycles. The van der Waals surface area contributed by atoms with Crippen LogP contribution in [0.2, 0.25) is 0 Å². The minimum Gasteiger partial charge on any atom is -0.394 e. The molecule has 0 aliphatic carbocycles. The summed E-state index contributed by atoms with van der Waals surface area (Å²) < 4.78 is 0. The average Bonchev–Trinajstić information content (AvgIpc) is 2.33. The lowest BCUT2D eigenvalue weighted by atomic mass is 9.94. The minimum absolute atomic E-state index is 0.595. The first-order chi connectivity index (χ1) is 7.07. The molecule has 0 rings (SSSR count). The topological polar surface area (TPSA) is 133 Å². The SMILES string of the molecule is OCC(CO)(CO)NC(CO)(CO)CO. The Morgan fingerprint density at radius 3 is 0.867 bits per heavy atom. The van der Waals surface area contributed by atoms with E-state index < -0.39 is 50.7 Å². The summed E-state index contributed by atoms with van der Waals surface area (Å²) >= 11 is 0. The van der Waals surface area contributed by atoms with Crippen molar-refractivity contribution < 1.29 is 30.6 Å². The molecule has 0 atom stereocenters. The normalized spacial score (nSPS) is 13.2. The van der Waals surface area contributed by atoms with Crippen molar-refractivity contribution in [3.63, 3.8) is 0 Å². The summed E-state index contributed by atoms with van der Waals surface area (Å²) in [6.45, 7) is -3.57. The Kier molecular flexibility index (Phi) is 6.22. The van der Waals surface area contributed by atoms with Crippen LogP contribution in [0, 0.1) is 0 Å². The second kappa shape index (κ2) is 6.33. The first kappa shape index (κ1) is 14.7. The van der Waals surface area contributed by atoms with Gasteiger partial charge in [-0.15, -0.1) is 0 Å². The van der Waals surface area contributed by atoms with Crippen molar-refractivity contribution in [2.24, 2.45) is 0 Å². The third-order valence-corrected chi connectivity index (χ3v) is 2.35. The number of hydrogen-bond donors (Lipinski definition) is 7. The number of hydrogen-bond acceptors (Lipinski definition) is 7. The fourth-order valence-corrected chi connectivity index (χ4v) is 1.10. The van der Waals surface area contributed by atoms with Gasteiger partial charge < -0.3 is 30.6 Å². The largest absolute Gasteiger partial charge is 0.394 e. The van der Waals surface area contributed by atoms with E-state index in [1.54, 1.807) is 0 Å². The molecule has 0 amide bonds. The van der Waals surface area contributed by atoms with Gasteiger partial charge in [-0.05, 0) is 0 Å². The van der Waals surface area contributed by atoms with Crippen LogP contribution in [-0.2, 0) is 0 Å². The Morgan fingerprint density at radius 1 is 0.533 bits per heavy atom. The van der Waals surface area contributed by atoms with Crippen LogP contribution < -0.4 is 5.32 Å². The van der Waals surface area contributed by atoms with Gasteiger partial charge in [-0.1, -0.05) is 0 Å². The van der Waals surface area contributed by atoms with E-state index in [-0.39, 0.29) is 0 Å². The molecular weight excluding hydrogens is 206 g/mol. The molecule has 0 aromatic rings. The zero-order valence-electron chi connectivity index (χ0n) is 8.43. The van der Waals surface area contributed by atoms with Crippen molar-refractivity contribution in [1.82, 2.24) is 5.32 Å². The summed E-state index contributed by atoms with van der Waals surface area (Å²) in [5, 5.41) is 56.5. The molecule has 0 spiro atoms. The molecule has 15 heavy (non-hydrogen) atoms. The van der Waals surface area contributed by atoms with Crippen LogP contribution in [0.15, 0.2) is 0 Å². The van der Waals surface area contributed by atoms with Gasteiger partial charge in [-0.25, -0.2) is 0 Å². The Morgan fingerprint density at radius 2 is 0.733 bits per heavy atom. The standard InChI is InChI=1S/C8H19NO6/c10-1-7(2-11,3-12)9-8(4-13,5-14)6-15/h9-15H,1-6H2. The number of aliphatic hydroxyl groups excluding tert-OH is 6. The zero-order chi connectivity index (χ0) is 11.9. The maximum absolute atomic E-state index is 9.00. The van der Waals surface area contributed by atoms with E-state index in [1.807, 2.05) is 0 Å². The third kappa shape index (κ3) is 3.35. The van der Waals surface area contributed by atoms with Gasteiger partial charge in [0, 0.05) is 0 Å². The Bertz CT molecular complexity index is 134. The molecule has 0 aliphatic rings. The smallest absolute Gasteiger partial charge is 0.0887 e. The summed E-state index contributed by atoms with van der Waals surface area (Å²) in [5.74, 6) is 0. The summed E-state index contributed by atoms with van der Waals surface area (Å²) in [6.07, 6.45) is 0. The molecule has 7 nitrogen and oxygen atoms in total. The first-order valence-corrected chi connectivity index (χ1v) is 4.52. The molecule has 0 aromatic heterocycles. The zero-order valence-corrected chi connectivity index (χ0v) is 8.43. The fourth-order valence-electron chi connectivity index (χ4n) is 1.10. The van der Waals surface area contributed by atoms with Crippen LogP contribution in [-0.4, -0.2) is 81.4 Å². The highest BCUT2D eigenvalue weighted by atomic mass is 16.3. The molecule has 7 heteroatoms. The summed E-state index contributed by atoms with van der Waals surface area (Å²) in [5.41, 5.74) is -2.90. The van der Waals surface area contributed by atoms with E-state index >= 15 is 0 Å². The van der Waals surface area contributed by atoms with Crippen molar-refractivity contribution in [2.75, 3.05) is 39.6 Å². The lowest BCUT2D eigenvalue weighted by Gasteiger charge is -2.39. The predicted molar refractivity (Wildman–Crippen MR) is 51.1 cm³/mol. The second-order valence-electron chi connectivity index (χ2n) is 3.63. The van der Waals surface area contributed by atoms with E-state index in [1.165, 1.54) is 0 Å². The number of aliphatic hydroxyl groups is 6. The van der Waals surface area contributed by atoms with Crippen LogP contribution in [0.25, 0.3) is 0 Å². The van der Waals surface area contributed by atoms with Crippen molar-refractivity contribution in [1.29, 1.82) is 0 Å². The summed E-state index contributed by atoms with van der Waals surface area (Å²) in [4.78, 5) is 0. The van der Waals surface area contributed by atoms with Gasteiger partial charge in [-0.3, -0.25) is 5.32 Å². The Hall–Kier alpha value is -0.280. The predicted octanol–water partition coefficient (Wildman–Crippen LogP) is -3.99. The lowest BCUT2D eigenvalue weighted by Crippen LogP contribution is -2.68. The second-order valence-corrected chi connectivity index (χ2v) is 3.63. The maximum atomic E-state index is 9.00. The fraction of sp³-hybridized carbons (Fsp3) is 1.00. The molecule has 0 aliphatic heterocycles. The average molecular weight is 225 g/mol. The third-order valence-electron chi connectivity index (χ3n) is 2.35. The Balaban J connectivity index is 4.74. The van der Waals surface area contributed by atoms with E-state index in [4.69, 9.17) is 30.6 Å². The van der Waals surface area contributed by atoms with Crippen LogP contribution in [0.1, 0.15) is 0 Å². The number of nitrogens with one attached hydrogen (secondary N) is 1. The molecule has 7 N–H and O–H groups in total. The number of rotatable bonds is 8. The molecule has 0 fully saturated rings. The van der Waals surface area contributed by atoms with Crippen LogP contribution in [0.5, 0.6) is 0 Å². The molecule has 92 valence electrons. The van der Waals surface area contributed by atoms with E-state index in [0.717, 1.165) is 0 Å². The van der Waals surface area contributed by atoms with Gasteiger partial charge in [0.1, 0.15) is 0 Å². The van der Waals surface area contributed by atoms with E-state index in [2.05, 4.69) is 5.32 Å². The minimum atomic E-state index is -1.45. The van der Waals surface area contributed by atoms with Gasteiger partial charge in [0.25, 0.3) is 0 Å². The molecular formula is C8H19NO6. The van der Waals surface area contributed by atoms with E-state index in [0.29, 0.717) is 0 Å². The quantitative estimate of drug-likeness (QED) is 0.224. The van der Waals surface area contributed by atoms with Crippen molar-refractivity contribution in [2.45, 2.75) is 11.1 Å². The highest BCUT2D eigenvalue weighted by Gasteiger charge is 2.38. The van der Waals surface area contributed by atoms with Crippen LogP contribution in [0.3, 0.4) is 0 Å². The Labute approximate surface area is 87.6 Å². The van der Waals surface area contributed by atoms with Gasteiger partial charge >= 0.3 is 0 Å². The lowest BCUT2D eigenvalue weighted by molar-refractivity contribution is -0.0306. The van der Waals surface area contributed by atoms with Gasteiger partial charge in [0.15, 0.2) is 0 Å². The summed E-state index contributed by atoms with van der Waals surface area (Å²) in [6, 6.07) is 0. The van der Waals surface area contributed by atoms with E-state index in [9.17, 15) is 0 Å². The molecule has 0 saturated heterocycles. The monoisotopic (exact) mass is 225 g/mol. The maximum Gasteiger partial charge on any atom is 0.0887 e. The molecule has 0 bridgehead atoms. The molecule has 0 aromatic carbocycles.